The molecule has 0 saturated heterocycles. The van der Waals surface area contributed by atoms with Crippen molar-refractivity contribution >= 4 is 34.4 Å². The number of rotatable bonds is 1. The van der Waals surface area contributed by atoms with Gasteiger partial charge in [-0.2, -0.15) is 0 Å². The molecule has 0 aliphatic heterocycles. The van der Waals surface area contributed by atoms with E-state index >= 15 is 0 Å². The van der Waals surface area contributed by atoms with E-state index < -0.39 is 17.5 Å². The Morgan fingerprint density at radius 2 is 1.60 bits per heavy atom. The normalized spacial score (nSPS) is 11.2. The average Bonchev–Trinajstić information content (AvgIpc) is 2.79. The minimum Gasteiger partial charge on any atom is -0.337 e. The van der Waals surface area contributed by atoms with Crippen molar-refractivity contribution in [2.24, 2.45) is 0 Å². The summed E-state index contributed by atoms with van der Waals surface area (Å²) in [6, 6.07) is 3.15. The van der Waals surface area contributed by atoms with Crippen molar-refractivity contribution in [1.82, 2.24) is 15.0 Å². The van der Waals surface area contributed by atoms with Gasteiger partial charge in [-0.25, -0.2) is 23.1 Å². The van der Waals surface area contributed by atoms with Crippen LogP contribution in [0.3, 0.4) is 0 Å². The molecule has 3 nitrogen and oxygen atoms in total. The maximum Gasteiger partial charge on any atom is 0.194 e. The fraction of sp³-hybridized carbons (Fsp3) is 0. The van der Waals surface area contributed by atoms with Gasteiger partial charge in [0, 0.05) is 5.56 Å². The van der Waals surface area contributed by atoms with Gasteiger partial charge in [-0.3, -0.25) is 0 Å². The van der Waals surface area contributed by atoms with Crippen LogP contribution in [0.4, 0.5) is 13.2 Å². The van der Waals surface area contributed by atoms with Gasteiger partial charge in [0.2, 0.25) is 0 Å². The smallest absolute Gasteiger partial charge is 0.194 e. The van der Waals surface area contributed by atoms with Gasteiger partial charge in [0.25, 0.3) is 0 Å². The first-order valence-corrected chi connectivity index (χ1v) is 6.08. The number of pyridine rings is 1. The number of hydrogen-bond donors (Lipinski definition) is 1. The quantitative estimate of drug-likeness (QED) is 0.535. The van der Waals surface area contributed by atoms with Crippen LogP contribution in [0.15, 0.2) is 18.2 Å². The Labute approximate surface area is 120 Å². The molecule has 0 aliphatic carbocycles. The average molecular weight is 318 g/mol. The van der Waals surface area contributed by atoms with Crippen molar-refractivity contribution in [3.63, 3.8) is 0 Å². The molecule has 2 heterocycles. The second-order valence-electron chi connectivity index (χ2n) is 3.97. The summed E-state index contributed by atoms with van der Waals surface area (Å²) in [5, 5.41) is 0.277. The van der Waals surface area contributed by atoms with Gasteiger partial charge in [-0.05, 0) is 18.2 Å². The summed E-state index contributed by atoms with van der Waals surface area (Å²) in [4.78, 5) is 10.7. The fourth-order valence-corrected chi connectivity index (χ4v) is 2.01. The molecule has 8 heteroatoms. The molecule has 0 bridgehead atoms. The third kappa shape index (κ3) is 2.10. The molecule has 0 saturated carbocycles. The summed E-state index contributed by atoms with van der Waals surface area (Å²) in [5.41, 5.74) is 0.728. The van der Waals surface area contributed by atoms with Crippen LogP contribution in [0.25, 0.3) is 22.6 Å². The molecule has 2 aromatic heterocycles. The number of fused-ring (bicyclic) bond motifs is 1. The Hall–Kier alpha value is -1.79. The highest BCUT2D eigenvalue weighted by Gasteiger charge is 2.15. The number of H-pyrrole nitrogens is 1. The maximum atomic E-state index is 13.2. The van der Waals surface area contributed by atoms with Crippen LogP contribution < -0.4 is 0 Å². The lowest BCUT2D eigenvalue weighted by Crippen LogP contribution is -1.92. The molecule has 102 valence electrons. The number of nitrogens with zero attached hydrogens (tertiary/aromatic N) is 2. The van der Waals surface area contributed by atoms with Crippen molar-refractivity contribution < 1.29 is 13.2 Å². The number of aromatic amines is 1. The van der Waals surface area contributed by atoms with Crippen LogP contribution in [-0.4, -0.2) is 15.0 Å². The lowest BCUT2D eigenvalue weighted by Gasteiger charge is -1.99. The van der Waals surface area contributed by atoms with Crippen LogP contribution in [0.5, 0.6) is 0 Å². The molecule has 20 heavy (non-hydrogen) atoms. The van der Waals surface area contributed by atoms with Gasteiger partial charge < -0.3 is 4.98 Å². The number of nitrogens with one attached hydrogen (secondary N) is 1. The van der Waals surface area contributed by atoms with Gasteiger partial charge >= 0.3 is 0 Å². The summed E-state index contributed by atoms with van der Waals surface area (Å²) in [7, 11) is 0. The molecule has 3 aromatic rings. The zero-order chi connectivity index (χ0) is 14.4. The topological polar surface area (TPSA) is 41.6 Å². The minimum atomic E-state index is -1.53. The van der Waals surface area contributed by atoms with Crippen molar-refractivity contribution in [3.8, 4) is 11.4 Å². The van der Waals surface area contributed by atoms with Crippen molar-refractivity contribution in [2.75, 3.05) is 0 Å². The number of halogens is 5. The molecule has 1 N–H and O–H groups in total. The zero-order valence-electron chi connectivity index (χ0n) is 9.52. The van der Waals surface area contributed by atoms with Gasteiger partial charge in [0.05, 0.1) is 10.5 Å². The lowest BCUT2D eigenvalue weighted by atomic mass is 10.2. The van der Waals surface area contributed by atoms with Crippen LogP contribution >= 0.6 is 23.2 Å². The first-order valence-electron chi connectivity index (χ1n) is 5.32. The zero-order valence-corrected chi connectivity index (χ0v) is 11.0. The summed E-state index contributed by atoms with van der Waals surface area (Å²) in [6.45, 7) is 0. The summed E-state index contributed by atoms with van der Waals surface area (Å²) in [6.07, 6.45) is 0. The van der Waals surface area contributed by atoms with E-state index in [-0.39, 0.29) is 27.2 Å². The van der Waals surface area contributed by atoms with Crippen LogP contribution in [0.2, 0.25) is 10.2 Å². The van der Waals surface area contributed by atoms with Gasteiger partial charge in [-0.15, -0.1) is 0 Å². The molecule has 0 fully saturated rings. The molecule has 0 radical (unpaired) electrons. The Kier molecular flexibility index (Phi) is 3.07. The largest absolute Gasteiger partial charge is 0.337 e. The van der Waals surface area contributed by atoms with E-state index in [2.05, 4.69) is 15.0 Å². The number of imidazole rings is 1. The van der Waals surface area contributed by atoms with Crippen molar-refractivity contribution in [3.05, 3.63) is 45.8 Å². The monoisotopic (exact) mass is 317 g/mol. The van der Waals surface area contributed by atoms with Crippen LogP contribution in [-0.2, 0) is 0 Å². The number of aromatic nitrogens is 3. The Morgan fingerprint density at radius 3 is 2.25 bits per heavy atom. The molecular weight excluding hydrogens is 314 g/mol. The third-order valence-corrected chi connectivity index (χ3v) is 3.31. The molecule has 0 amide bonds. The highest BCUT2D eigenvalue weighted by molar-refractivity contribution is 6.41. The molecule has 1 aromatic carbocycles. The molecule has 0 unspecified atom stereocenters. The fourth-order valence-electron chi connectivity index (χ4n) is 1.73. The van der Waals surface area contributed by atoms with E-state index in [1.54, 1.807) is 0 Å². The first-order chi connectivity index (χ1) is 9.45. The second kappa shape index (κ2) is 4.64. The Morgan fingerprint density at radius 1 is 0.950 bits per heavy atom. The SMILES string of the molecule is Fc1cc(-c2nc3nc(Cl)c(Cl)cc3[nH]2)cc(F)c1F. The second-order valence-corrected chi connectivity index (χ2v) is 4.74. The first kappa shape index (κ1) is 13.2. The molecule has 0 atom stereocenters. The maximum absolute atomic E-state index is 13.2. The van der Waals surface area contributed by atoms with Crippen molar-refractivity contribution in [2.45, 2.75) is 0 Å². The number of benzene rings is 1. The molecule has 3 rings (SSSR count). The van der Waals surface area contributed by atoms with E-state index in [4.69, 9.17) is 23.2 Å². The Balaban J connectivity index is 2.20. The van der Waals surface area contributed by atoms with E-state index in [0.29, 0.717) is 5.52 Å². The standard InChI is InChI=1S/C12H4Cl2F3N3/c13-5-3-8-12(19-10(5)14)20-11(18-8)4-1-6(15)9(17)7(16)2-4/h1-3H,(H,18,19,20). The highest BCUT2D eigenvalue weighted by atomic mass is 35.5. The van der Waals surface area contributed by atoms with Gasteiger partial charge in [0.15, 0.2) is 23.1 Å². The van der Waals surface area contributed by atoms with Crippen molar-refractivity contribution in [1.29, 1.82) is 0 Å². The van der Waals surface area contributed by atoms with E-state index in [1.807, 2.05) is 0 Å². The summed E-state index contributed by atoms with van der Waals surface area (Å²) < 4.78 is 39.3. The summed E-state index contributed by atoms with van der Waals surface area (Å²) in [5.74, 6) is -4.01. The van der Waals surface area contributed by atoms with Gasteiger partial charge in [-0.1, -0.05) is 23.2 Å². The lowest BCUT2D eigenvalue weighted by molar-refractivity contribution is 0.447. The van der Waals surface area contributed by atoms with E-state index in [9.17, 15) is 13.2 Å². The molecule has 0 spiro atoms. The van der Waals surface area contributed by atoms with Crippen LogP contribution in [0, 0.1) is 17.5 Å². The number of hydrogen-bond acceptors (Lipinski definition) is 2. The van der Waals surface area contributed by atoms with E-state index in [1.165, 1.54) is 6.07 Å². The molecular formula is C12H4Cl2F3N3. The predicted octanol–water partition coefficient (Wildman–Crippen LogP) is 4.35. The molecule has 0 aliphatic rings. The van der Waals surface area contributed by atoms with Gasteiger partial charge in [0.1, 0.15) is 11.0 Å². The van der Waals surface area contributed by atoms with Crippen LogP contribution in [0.1, 0.15) is 0 Å². The minimum absolute atomic E-state index is 0.0478. The Bertz CT molecular complexity index is 770. The summed E-state index contributed by atoms with van der Waals surface area (Å²) >= 11 is 11.5. The predicted molar refractivity (Wildman–Crippen MR) is 69.2 cm³/mol. The van der Waals surface area contributed by atoms with E-state index in [0.717, 1.165) is 12.1 Å². The highest BCUT2D eigenvalue weighted by Crippen LogP contribution is 2.27. The third-order valence-electron chi connectivity index (χ3n) is 2.64.